The zero-order chi connectivity index (χ0) is 7.97. The highest BCUT2D eigenvalue weighted by Crippen LogP contribution is 2.38. The molecule has 0 saturated heterocycles. The van der Waals surface area contributed by atoms with Crippen molar-refractivity contribution in [3.63, 3.8) is 0 Å². The summed E-state index contributed by atoms with van der Waals surface area (Å²) in [7, 11) is 0. The molecule has 1 aliphatic carbocycles. The van der Waals surface area contributed by atoms with E-state index in [0.717, 1.165) is 12.5 Å². The van der Waals surface area contributed by atoms with Crippen LogP contribution in [-0.2, 0) is 0 Å². The summed E-state index contributed by atoms with van der Waals surface area (Å²) in [6.45, 7) is 1.11. The van der Waals surface area contributed by atoms with Crippen LogP contribution in [0.2, 0.25) is 0 Å². The molecule has 3 rings (SSSR count). The minimum atomic E-state index is 0.687. The molecule has 0 radical (unpaired) electrons. The summed E-state index contributed by atoms with van der Waals surface area (Å²) >= 11 is 1.76. The highest BCUT2D eigenvalue weighted by molar-refractivity contribution is 7.09. The van der Waals surface area contributed by atoms with E-state index < -0.39 is 0 Å². The molecule has 1 aliphatic heterocycles. The lowest BCUT2D eigenvalue weighted by Gasteiger charge is -2.26. The molecule has 12 heavy (non-hydrogen) atoms. The summed E-state index contributed by atoms with van der Waals surface area (Å²) in [6, 6.07) is 0.687. The molecule has 0 bridgehead atoms. The van der Waals surface area contributed by atoms with Crippen LogP contribution >= 0.6 is 11.3 Å². The summed E-state index contributed by atoms with van der Waals surface area (Å²) in [5.41, 5.74) is 2.60. The second-order valence-corrected chi connectivity index (χ2v) is 4.41. The SMILES string of the molecule is c1scc2c1NCC(C1CC1)N2. The van der Waals surface area contributed by atoms with Crippen molar-refractivity contribution in [2.75, 3.05) is 17.2 Å². The Morgan fingerprint density at radius 1 is 1.25 bits per heavy atom. The minimum Gasteiger partial charge on any atom is -0.381 e. The average molecular weight is 180 g/mol. The molecular weight excluding hydrogens is 168 g/mol. The first-order valence-corrected chi connectivity index (χ1v) is 5.44. The Morgan fingerprint density at radius 2 is 2.08 bits per heavy atom. The van der Waals surface area contributed by atoms with Crippen LogP contribution in [0.15, 0.2) is 10.8 Å². The Bertz CT molecular complexity index is 290. The Hall–Kier alpha value is -0.700. The number of anilines is 2. The van der Waals surface area contributed by atoms with E-state index in [-0.39, 0.29) is 0 Å². The summed E-state index contributed by atoms with van der Waals surface area (Å²) in [5.74, 6) is 0.936. The van der Waals surface area contributed by atoms with Crippen LogP contribution < -0.4 is 10.6 Å². The minimum absolute atomic E-state index is 0.687. The molecule has 2 nitrogen and oxygen atoms in total. The monoisotopic (exact) mass is 180 g/mol. The van der Waals surface area contributed by atoms with Crippen LogP contribution in [0.4, 0.5) is 11.4 Å². The van der Waals surface area contributed by atoms with Crippen LogP contribution in [0.25, 0.3) is 0 Å². The largest absolute Gasteiger partial charge is 0.381 e. The van der Waals surface area contributed by atoms with Crippen LogP contribution in [0.5, 0.6) is 0 Å². The molecule has 0 amide bonds. The summed E-state index contributed by atoms with van der Waals surface area (Å²) in [6.07, 6.45) is 2.83. The summed E-state index contributed by atoms with van der Waals surface area (Å²) < 4.78 is 0. The Labute approximate surface area is 76.0 Å². The maximum absolute atomic E-state index is 3.59. The Kier molecular flexibility index (Phi) is 1.35. The van der Waals surface area contributed by atoms with Gasteiger partial charge in [0, 0.05) is 23.3 Å². The van der Waals surface area contributed by atoms with Gasteiger partial charge in [-0.25, -0.2) is 0 Å². The second kappa shape index (κ2) is 2.39. The van der Waals surface area contributed by atoms with Gasteiger partial charge in [-0.2, -0.15) is 0 Å². The maximum atomic E-state index is 3.59. The van der Waals surface area contributed by atoms with Crippen LogP contribution in [0, 0.1) is 5.92 Å². The predicted molar refractivity (Wildman–Crippen MR) is 52.9 cm³/mol. The van der Waals surface area contributed by atoms with Crippen molar-refractivity contribution < 1.29 is 0 Å². The zero-order valence-corrected chi connectivity index (χ0v) is 7.66. The predicted octanol–water partition coefficient (Wildman–Crippen LogP) is 2.36. The number of hydrogen-bond acceptors (Lipinski definition) is 3. The molecule has 2 aliphatic rings. The summed E-state index contributed by atoms with van der Waals surface area (Å²) in [5, 5.41) is 11.4. The van der Waals surface area contributed by atoms with Gasteiger partial charge in [0.2, 0.25) is 0 Å². The van der Waals surface area contributed by atoms with E-state index in [1.807, 2.05) is 0 Å². The first-order chi connectivity index (χ1) is 5.93. The fourth-order valence-corrected chi connectivity index (χ4v) is 2.55. The molecule has 1 aromatic rings. The number of nitrogens with one attached hydrogen (secondary N) is 2. The lowest BCUT2D eigenvalue weighted by molar-refractivity contribution is 0.654. The Balaban J connectivity index is 1.83. The third kappa shape index (κ3) is 1.00. The van der Waals surface area contributed by atoms with Crippen molar-refractivity contribution in [1.29, 1.82) is 0 Å². The zero-order valence-electron chi connectivity index (χ0n) is 6.84. The maximum Gasteiger partial charge on any atom is 0.0687 e. The Morgan fingerprint density at radius 3 is 2.92 bits per heavy atom. The molecule has 3 heteroatoms. The number of fused-ring (bicyclic) bond motifs is 1. The molecular formula is C9H12N2S. The normalized spacial score (nSPS) is 27.2. The number of hydrogen-bond donors (Lipinski definition) is 2. The van der Waals surface area contributed by atoms with Crippen molar-refractivity contribution in [3.05, 3.63) is 10.8 Å². The quantitative estimate of drug-likeness (QED) is 0.693. The molecule has 1 aromatic heterocycles. The highest BCUT2D eigenvalue weighted by Gasteiger charge is 2.33. The molecule has 2 N–H and O–H groups in total. The molecule has 1 fully saturated rings. The van der Waals surface area contributed by atoms with E-state index in [1.165, 1.54) is 24.2 Å². The van der Waals surface area contributed by atoms with Crippen molar-refractivity contribution in [2.24, 2.45) is 5.92 Å². The van der Waals surface area contributed by atoms with Gasteiger partial charge in [-0.3, -0.25) is 0 Å². The molecule has 0 spiro atoms. The first kappa shape index (κ1) is 6.78. The lowest BCUT2D eigenvalue weighted by atomic mass is 10.1. The molecule has 0 aromatic carbocycles. The van der Waals surface area contributed by atoms with Gasteiger partial charge in [0.05, 0.1) is 11.4 Å². The molecule has 1 saturated carbocycles. The molecule has 1 unspecified atom stereocenters. The van der Waals surface area contributed by atoms with E-state index >= 15 is 0 Å². The van der Waals surface area contributed by atoms with Crippen LogP contribution in [0.1, 0.15) is 12.8 Å². The van der Waals surface area contributed by atoms with E-state index in [9.17, 15) is 0 Å². The molecule has 2 heterocycles. The van der Waals surface area contributed by atoms with E-state index in [2.05, 4.69) is 21.4 Å². The van der Waals surface area contributed by atoms with Crippen molar-refractivity contribution in [3.8, 4) is 0 Å². The number of rotatable bonds is 1. The van der Waals surface area contributed by atoms with Crippen LogP contribution in [-0.4, -0.2) is 12.6 Å². The van der Waals surface area contributed by atoms with Gasteiger partial charge in [-0.15, -0.1) is 11.3 Å². The van der Waals surface area contributed by atoms with Gasteiger partial charge in [0.15, 0.2) is 0 Å². The highest BCUT2D eigenvalue weighted by atomic mass is 32.1. The van der Waals surface area contributed by atoms with Crippen molar-refractivity contribution >= 4 is 22.7 Å². The summed E-state index contributed by atoms with van der Waals surface area (Å²) in [4.78, 5) is 0. The van der Waals surface area contributed by atoms with Gasteiger partial charge < -0.3 is 10.6 Å². The third-order valence-corrected chi connectivity index (χ3v) is 3.45. The van der Waals surface area contributed by atoms with Crippen LogP contribution in [0.3, 0.4) is 0 Å². The average Bonchev–Trinajstić information content (AvgIpc) is 2.84. The van der Waals surface area contributed by atoms with Gasteiger partial charge in [-0.1, -0.05) is 0 Å². The van der Waals surface area contributed by atoms with Gasteiger partial charge in [-0.05, 0) is 18.8 Å². The lowest BCUT2D eigenvalue weighted by Crippen LogP contribution is -2.33. The van der Waals surface area contributed by atoms with Gasteiger partial charge in [0.25, 0.3) is 0 Å². The van der Waals surface area contributed by atoms with Gasteiger partial charge in [0.1, 0.15) is 0 Å². The van der Waals surface area contributed by atoms with E-state index in [4.69, 9.17) is 0 Å². The van der Waals surface area contributed by atoms with E-state index in [1.54, 1.807) is 11.3 Å². The third-order valence-electron chi connectivity index (χ3n) is 2.71. The first-order valence-electron chi connectivity index (χ1n) is 4.50. The number of thiophene rings is 1. The fourth-order valence-electron chi connectivity index (χ4n) is 1.80. The molecule has 1 atom stereocenters. The van der Waals surface area contributed by atoms with Crippen molar-refractivity contribution in [1.82, 2.24) is 0 Å². The standard InChI is InChI=1S/C9H12N2S/c1-2-6(1)7-3-10-8-4-12-5-9(8)11-7/h4-7,10-11H,1-3H2. The van der Waals surface area contributed by atoms with E-state index in [0.29, 0.717) is 6.04 Å². The fraction of sp³-hybridized carbons (Fsp3) is 0.556. The second-order valence-electron chi connectivity index (χ2n) is 3.67. The van der Waals surface area contributed by atoms with Crippen molar-refractivity contribution in [2.45, 2.75) is 18.9 Å². The van der Waals surface area contributed by atoms with Gasteiger partial charge >= 0.3 is 0 Å². The molecule has 64 valence electrons. The topological polar surface area (TPSA) is 24.1 Å². The smallest absolute Gasteiger partial charge is 0.0687 e.